The zero-order chi connectivity index (χ0) is 4.83. The summed E-state index contributed by atoms with van der Waals surface area (Å²) < 4.78 is 0. The Bertz CT molecular complexity index is 53.1. The van der Waals surface area contributed by atoms with E-state index in [-0.39, 0.29) is 0 Å². The van der Waals surface area contributed by atoms with Gasteiger partial charge in [-0.1, -0.05) is 5.92 Å². The molecule has 0 saturated heterocycles. The standard InChI is InChI=1S/C4H8N2/c1-2-3-6-4-5/h1,6H,3-5H2. The lowest BCUT2D eigenvalue weighted by Crippen LogP contribution is -2.21. The first-order chi connectivity index (χ1) is 2.91. The maximum Gasteiger partial charge on any atom is 0.0583 e. The molecular formula is C4H8N2. The fraction of sp³-hybridized carbons (Fsp3) is 0.500. The molecule has 0 spiro atoms. The van der Waals surface area contributed by atoms with Crippen LogP contribution in [-0.4, -0.2) is 13.2 Å². The number of terminal acetylenes is 1. The number of hydrogen-bond acceptors (Lipinski definition) is 2. The lowest BCUT2D eigenvalue weighted by atomic mass is 10.7. The largest absolute Gasteiger partial charge is 0.318 e. The van der Waals surface area contributed by atoms with Gasteiger partial charge in [0.1, 0.15) is 0 Å². The highest BCUT2D eigenvalue weighted by atomic mass is 14.9. The molecule has 6 heavy (non-hydrogen) atoms. The van der Waals surface area contributed by atoms with E-state index in [1.54, 1.807) is 0 Å². The van der Waals surface area contributed by atoms with Crippen molar-refractivity contribution in [3.8, 4) is 12.3 Å². The minimum atomic E-state index is 0.462. The van der Waals surface area contributed by atoms with Crippen LogP contribution in [0.3, 0.4) is 0 Å². The molecule has 0 saturated carbocycles. The van der Waals surface area contributed by atoms with Crippen LogP contribution < -0.4 is 11.1 Å². The molecule has 0 amide bonds. The van der Waals surface area contributed by atoms with E-state index in [0.717, 1.165) is 0 Å². The maximum absolute atomic E-state index is 5.01. The highest BCUT2D eigenvalue weighted by Gasteiger charge is 1.66. The second kappa shape index (κ2) is 4.48. The van der Waals surface area contributed by atoms with E-state index in [9.17, 15) is 0 Å². The van der Waals surface area contributed by atoms with E-state index in [1.807, 2.05) is 0 Å². The predicted octanol–water partition coefficient (Wildman–Crippen LogP) is -0.875. The second-order valence-electron chi connectivity index (χ2n) is 0.835. The van der Waals surface area contributed by atoms with Crippen LogP contribution in [0, 0.1) is 12.3 Å². The van der Waals surface area contributed by atoms with Crippen LogP contribution in [0.2, 0.25) is 0 Å². The molecule has 0 bridgehead atoms. The summed E-state index contributed by atoms with van der Waals surface area (Å²) in [5.41, 5.74) is 5.01. The van der Waals surface area contributed by atoms with Crippen LogP contribution in [0.5, 0.6) is 0 Å². The van der Waals surface area contributed by atoms with E-state index in [0.29, 0.717) is 13.2 Å². The first-order valence-corrected chi connectivity index (χ1v) is 1.76. The molecule has 3 N–H and O–H groups in total. The summed E-state index contributed by atoms with van der Waals surface area (Å²) in [5, 5.41) is 2.74. The van der Waals surface area contributed by atoms with Gasteiger partial charge in [-0.05, 0) is 0 Å². The summed E-state index contributed by atoms with van der Waals surface area (Å²) in [6, 6.07) is 0. The number of nitrogens with two attached hydrogens (primary N) is 1. The second-order valence-corrected chi connectivity index (χ2v) is 0.835. The Morgan fingerprint density at radius 2 is 2.50 bits per heavy atom. The van der Waals surface area contributed by atoms with Crippen molar-refractivity contribution < 1.29 is 0 Å². The Kier molecular flexibility index (Phi) is 4.09. The Balaban J connectivity index is 2.54. The van der Waals surface area contributed by atoms with Crippen LogP contribution >= 0.6 is 0 Å². The van der Waals surface area contributed by atoms with Crippen LogP contribution in [0.15, 0.2) is 0 Å². The van der Waals surface area contributed by atoms with Gasteiger partial charge < -0.3 is 5.73 Å². The third kappa shape index (κ3) is 3.48. The lowest BCUT2D eigenvalue weighted by molar-refractivity contribution is 0.786. The zero-order valence-corrected chi connectivity index (χ0v) is 3.57. The zero-order valence-electron chi connectivity index (χ0n) is 3.57. The molecule has 0 atom stereocenters. The molecule has 34 valence electrons. The van der Waals surface area contributed by atoms with Gasteiger partial charge in [-0.15, -0.1) is 6.42 Å². The molecule has 2 heteroatoms. The van der Waals surface area contributed by atoms with Crippen LogP contribution in [-0.2, 0) is 0 Å². The van der Waals surface area contributed by atoms with Crippen molar-refractivity contribution in [3.63, 3.8) is 0 Å². The van der Waals surface area contributed by atoms with E-state index in [1.165, 1.54) is 0 Å². The third-order valence-electron chi connectivity index (χ3n) is 0.371. The quantitative estimate of drug-likeness (QED) is 0.259. The molecule has 0 aliphatic heterocycles. The average molecular weight is 84.1 g/mol. The molecule has 0 aromatic rings. The molecule has 0 aromatic heterocycles. The van der Waals surface area contributed by atoms with Crippen molar-refractivity contribution in [2.45, 2.75) is 0 Å². The average Bonchev–Trinajstić information content (AvgIpc) is 1.61. The number of rotatable bonds is 2. The van der Waals surface area contributed by atoms with Gasteiger partial charge in [0.25, 0.3) is 0 Å². The van der Waals surface area contributed by atoms with E-state index in [4.69, 9.17) is 12.2 Å². The van der Waals surface area contributed by atoms with Gasteiger partial charge in [-0.3, -0.25) is 5.32 Å². The molecule has 0 unspecified atom stereocenters. The fourth-order valence-corrected chi connectivity index (χ4v) is 0.144. The van der Waals surface area contributed by atoms with Gasteiger partial charge in [0, 0.05) is 6.67 Å². The fourth-order valence-electron chi connectivity index (χ4n) is 0.144. The summed E-state index contributed by atoms with van der Waals surface area (Å²) in [4.78, 5) is 0. The SMILES string of the molecule is C#CCNCN. The minimum Gasteiger partial charge on any atom is -0.318 e. The Morgan fingerprint density at radius 1 is 1.83 bits per heavy atom. The highest BCUT2D eigenvalue weighted by Crippen LogP contribution is 1.42. The van der Waals surface area contributed by atoms with Crippen molar-refractivity contribution >= 4 is 0 Å². The molecule has 0 radical (unpaired) electrons. The lowest BCUT2D eigenvalue weighted by Gasteiger charge is -1.86. The molecule has 0 rings (SSSR count). The van der Waals surface area contributed by atoms with Crippen molar-refractivity contribution in [1.29, 1.82) is 0 Å². The highest BCUT2D eigenvalue weighted by molar-refractivity contribution is 4.85. The topological polar surface area (TPSA) is 38.0 Å². The molecule has 0 aromatic carbocycles. The van der Waals surface area contributed by atoms with E-state index < -0.39 is 0 Å². The van der Waals surface area contributed by atoms with Gasteiger partial charge in [0.2, 0.25) is 0 Å². The van der Waals surface area contributed by atoms with Gasteiger partial charge in [0.15, 0.2) is 0 Å². The van der Waals surface area contributed by atoms with Gasteiger partial charge in [0.05, 0.1) is 6.54 Å². The number of hydrogen-bond donors (Lipinski definition) is 2. The Hall–Kier alpha value is -0.520. The van der Waals surface area contributed by atoms with Crippen molar-refractivity contribution in [2.75, 3.05) is 13.2 Å². The smallest absolute Gasteiger partial charge is 0.0583 e. The predicted molar refractivity (Wildman–Crippen MR) is 25.9 cm³/mol. The molecule has 0 fully saturated rings. The first kappa shape index (κ1) is 5.48. The van der Waals surface area contributed by atoms with Crippen LogP contribution in [0.4, 0.5) is 0 Å². The molecule has 2 nitrogen and oxygen atoms in total. The summed E-state index contributed by atoms with van der Waals surface area (Å²) in [6.45, 7) is 1.03. The molecule has 0 aliphatic carbocycles. The van der Waals surface area contributed by atoms with Gasteiger partial charge in [-0.25, -0.2) is 0 Å². The first-order valence-electron chi connectivity index (χ1n) is 1.76. The summed E-state index contributed by atoms with van der Waals surface area (Å²) in [6.07, 6.45) is 4.85. The monoisotopic (exact) mass is 84.1 g/mol. The van der Waals surface area contributed by atoms with Crippen LogP contribution in [0.1, 0.15) is 0 Å². The number of nitrogens with one attached hydrogen (secondary N) is 1. The van der Waals surface area contributed by atoms with Crippen LogP contribution in [0.25, 0.3) is 0 Å². The maximum atomic E-state index is 5.01. The summed E-state index contributed by atoms with van der Waals surface area (Å²) in [7, 11) is 0. The molecule has 0 aliphatic rings. The van der Waals surface area contributed by atoms with E-state index in [2.05, 4.69) is 11.2 Å². The normalized spacial score (nSPS) is 7.33. The summed E-state index contributed by atoms with van der Waals surface area (Å²) >= 11 is 0. The minimum absolute atomic E-state index is 0.462. The third-order valence-corrected chi connectivity index (χ3v) is 0.371. The van der Waals surface area contributed by atoms with Gasteiger partial charge in [-0.2, -0.15) is 0 Å². The molecule has 0 heterocycles. The Morgan fingerprint density at radius 3 is 2.67 bits per heavy atom. The van der Waals surface area contributed by atoms with E-state index >= 15 is 0 Å². The van der Waals surface area contributed by atoms with Gasteiger partial charge >= 0.3 is 0 Å². The van der Waals surface area contributed by atoms with Crippen molar-refractivity contribution in [3.05, 3.63) is 0 Å². The van der Waals surface area contributed by atoms with Crippen molar-refractivity contribution in [1.82, 2.24) is 5.32 Å². The van der Waals surface area contributed by atoms with Crippen molar-refractivity contribution in [2.24, 2.45) is 5.73 Å². The molecular weight excluding hydrogens is 76.1 g/mol. The summed E-state index contributed by atoms with van der Waals surface area (Å²) in [5.74, 6) is 2.38. The Labute approximate surface area is 37.7 Å².